The number of rotatable bonds is 43. The number of unbranched alkanes of at least 4 members (excludes halogenated alkanes) is 1. The molecule has 1 aromatic heterocycles. The van der Waals surface area contributed by atoms with Crippen molar-refractivity contribution < 1.29 is 97.5 Å². The number of aromatic amines is 1. The van der Waals surface area contributed by atoms with Gasteiger partial charge < -0.3 is 112 Å². The second-order valence-corrected chi connectivity index (χ2v) is 22.6. The van der Waals surface area contributed by atoms with E-state index in [4.69, 9.17) is 17.2 Å². The Kier molecular flexibility index (Phi) is 34.6. The minimum atomic E-state index is -2.06. The fourth-order valence-corrected chi connectivity index (χ4v) is 9.30. The molecule has 24 N–H and O–H groups in total. The predicted octanol–water partition coefficient (Wildman–Crippen LogP) is -7.71. The van der Waals surface area contributed by atoms with Gasteiger partial charge in [0.1, 0.15) is 54.1 Å². The number of hydrogen-bond acceptors (Lipinski definition) is 22. The van der Waals surface area contributed by atoms with Crippen LogP contribution in [0.5, 0.6) is 5.75 Å². The first-order valence-electron chi connectivity index (χ1n) is 30.0. The SMILES string of the molecule is C[C@@H](O)[C@H](NC(=O)CNC(=O)[C@H](CCC(=O)O)NC(=O)[C@@H](NC(=O)[C@H](CCC(=O)O)NC(=O)[C@H](Cc1ccc(O)cc1)NC(=O)[C@H](CS)NC(=O)[C@H](Cc1c[nH]c2ccccc12)NC(=O)[C@@H](N)CS)[C@@H](C)O)C(=O)NCC(=O)NCC(=O)NCC(=O)N[C@@H](CCCCN)C(N)=O. The molecule has 11 atom stereocenters. The van der Waals surface area contributed by atoms with Crippen molar-refractivity contribution in [2.24, 2.45) is 17.2 Å². The average molecular weight is 1390 g/mol. The molecule has 2 aromatic carbocycles. The van der Waals surface area contributed by atoms with Gasteiger partial charge in [-0.15, -0.1) is 0 Å². The summed E-state index contributed by atoms with van der Waals surface area (Å²) in [6.45, 7) is -0.637. The second-order valence-electron chi connectivity index (χ2n) is 21.9. The van der Waals surface area contributed by atoms with Crippen molar-refractivity contribution in [3.8, 4) is 5.75 Å². The van der Waals surface area contributed by atoms with Crippen LogP contribution in [0.2, 0.25) is 0 Å². The van der Waals surface area contributed by atoms with E-state index in [9.17, 15) is 97.5 Å². The number of primary amides is 1. The number of aromatic hydroxyl groups is 1. The number of aliphatic hydroxyl groups is 2. The van der Waals surface area contributed by atoms with E-state index in [1.807, 2.05) is 0 Å². The molecule has 0 bridgehead atoms. The molecular weight excluding hydrogens is 1300 g/mol. The number of amides is 13. The molecule has 0 spiro atoms. The monoisotopic (exact) mass is 1390 g/mol. The molecular formula is C58H84N16O20S2. The summed E-state index contributed by atoms with van der Waals surface area (Å²) in [5.41, 5.74) is 18.3. The summed E-state index contributed by atoms with van der Waals surface area (Å²) < 4.78 is 0. The number of aliphatic hydroxyl groups excluding tert-OH is 2. The highest BCUT2D eigenvalue weighted by Gasteiger charge is 2.36. The highest BCUT2D eigenvalue weighted by Crippen LogP contribution is 2.20. The molecule has 3 rings (SSSR count). The molecule has 38 heteroatoms. The molecule has 1 heterocycles. The summed E-state index contributed by atoms with van der Waals surface area (Å²) in [7, 11) is 0. The zero-order valence-electron chi connectivity index (χ0n) is 52.3. The van der Waals surface area contributed by atoms with Crippen LogP contribution in [-0.2, 0) is 84.8 Å². The van der Waals surface area contributed by atoms with Crippen LogP contribution < -0.4 is 81.0 Å². The number of hydrogen-bond donors (Lipinski definition) is 23. The summed E-state index contributed by atoms with van der Waals surface area (Å²) in [6, 6.07) is -1.85. The number of fused-ring (bicyclic) bond motifs is 1. The van der Waals surface area contributed by atoms with Crippen molar-refractivity contribution in [2.45, 2.75) is 138 Å². The lowest BCUT2D eigenvalue weighted by Gasteiger charge is -2.28. The van der Waals surface area contributed by atoms with Crippen LogP contribution in [0.3, 0.4) is 0 Å². The van der Waals surface area contributed by atoms with Gasteiger partial charge in [0.15, 0.2) is 0 Å². The molecule has 528 valence electrons. The number of aromatic nitrogens is 1. The Bertz CT molecular complexity index is 3230. The smallest absolute Gasteiger partial charge is 0.303 e. The summed E-state index contributed by atoms with van der Waals surface area (Å²) in [6.07, 6.45) is -4.05. The number of thiol groups is 2. The van der Waals surface area contributed by atoms with Gasteiger partial charge in [0.25, 0.3) is 0 Å². The van der Waals surface area contributed by atoms with Crippen molar-refractivity contribution in [1.29, 1.82) is 0 Å². The fourth-order valence-electron chi connectivity index (χ4n) is 8.88. The number of nitrogens with two attached hydrogens (primary N) is 3. The number of phenols is 1. The van der Waals surface area contributed by atoms with Gasteiger partial charge in [-0.2, -0.15) is 25.3 Å². The van der Waals surface area contributed by atoms with E-state index < -0.39 is 213 Å². The number of carbonyl (C=O) groups excluding carboxylic acids is 13. The number of carboxylic acids is 2. The molecule has 13 amide bonds. The van der Waals surface area contributed by atoms with E-state index in [-0.39, 0.29) is 30.8 Å². The maximum atomic E-state index is 14.4. The normalized spacial score (nSPS) is 14.4. The molecule has 0 unspecified atom stereocenters. The molecule has 0 saturated carbocycles. The van der Waals surface area contributed by atoms with Crippen molar-refractivity contribution in [3.63, 3.8) is 0 Å². The Morgan fingerprint density at radius 2 is 0.958 bits per heavy atom. The first-order chi connectivity index (χ1) is 45.4. The summed E-state index contributed by atoms with van der Waals surface area (Å²) in [5.74, 6) is -16.9. The summed E-state index contributed by atoms with van der Waals surface area (Å²) >= 11 is 8.33. The molecule has 96 heavy (non-hydrogen) atoms. The second kappa shape index (κ2) is 41.3. The molecule has 36 nitrogen and oxygen atoms in total. The minimum Gasteiger partial charge on any atom is -0.508 e. The Balaban J connectivity index is 1.73. The molecule has 3 aromatic rings. The zero-order valence-corrected chi connectivity index (χ0v) is 54.1. The largest absolute Gasteiger partial charge is 0.508 e. The van der Waals surface area contributed by atoms with Crippen LogP contribution in [0, 0.1) is 0 Å². The molecule has 0 aliphatic rings. The number of para-hydroxylation sites is 1. The van der Waals surface area contributed by atoms with Crippen LogP contribution in [0.25, 0.3) is 10.9 Å². The van der Waals surface area contributed by atoms with Crippen LogP contribution >= 0.6 is 25.3 Å². The van der Waals surface area contributed by atoms with Crippen molar-refractivity contribution in [1.82, 2.24) is 68.8 Å². The number of aliphatic carboxylic acids is 2. The lowest BCUT2D eigenvalue weighted by molar-refractivity contribution is -0.139. The van der Waals surface area contributed by atoms with Crippen molar-refractivity contribution in [2.75, 3.05) is 44.2 Å². The molecule has 0 radical (unpaired) electrons. The first-order valence-corrected chi connectivity index (χ1v) is 31.2. The number of benzene rings is 2. The highest BCUT2D eigenvalue weighted by atomic mass is 32.1. The Morgan fingerprint density at radius 1 is 0.490 bits per heavy atom. The van der Waals surface area contributed by atoms with Gasteiger partial charge in [-0.25, -0.2) is 0 Å². The molecule has 0 aliphatic carbocycles. The van der Waals surface area contributed by atoms with E-state index >= 15 is 0 Å². The number of nitrogens with one attached hydrogen (secondary N) is 13. The lowest BCUT2D eigenvalue weighted by Crippen LogP contribution is -2.62. The minimum absolute atomic E-state index is 0.0854. The Hall–Kier alpha value is -9.63. The molecule has 0 aliphatic heterocycles. The van der Waals surface area contributed by atoms with Crippen LogP contribution in [0.1, 0.15) is 69.9 Å². The first kappa shape index (κ1) is 80.6. The fraction of sp³-hybridized carbons (Fsp3) is 0.500. The van der Waals surface area contributed by atoms with E-state index in [0.717, 1.165) is 24.8 Å². The number of H-pyrrole nitrogens is 1. The third-order valence-electron chi connectivity index (χ3n) is 14.2. The van der Waals surface area contributed by atoms with E-state index in [0.29, 0.717) is 30.5 Å². The summed E-state index contributed by atoms with van der Waals surface area (Å²) in [4.78, 5) is 198. The lowest BCUT2D eigenvalue weighted by atomic mass is 10.0. The molecule has 0 fully saturated rings. The van der Waals surface area contributed by atoms with Gasteiger partial charge in [0.05, 0.1) is 44.4 Å². The van der Waals surface area contributed by atoms with E-state index in [1.165, 1.54) is 24.3 Å². The van der Waals surface area contributed by atoms with Gasteiger partial charge >= 0.3 is 11.9 Å². The van der Waals surface area contributed by atoms with Crippen LogP contribution in [-0.4, -0.2) is 230 Å². The van der Waals surface area contributed by atoms with Crippen molar-refractivity contribution in [3.05, 3.63) is 65.9 Å². The average Bonchev–Trinajstić information content (AvgIpc) is 1.64. The number of phenolic OH excluding ortho intramolecular Hbond substituents is 1. The Labute approximate surface area is 560 Å². The third-order valence-corrected chi connectivity index (χ3v) is 14.9. The predicted molar refractivity (Wildman–Crippen MR) is 346 cm³/mol. The number of carbonyl (C=O) groups is 15. The van der Waals surface area contributed by atoms with Gasteiger partial charge in [0.2, 0.25) is 76.8 Å². The highest BCUT2D eigenvalue weighted by molar-refractivity contribution is 7.80. The summed E-state index contributed by atoms with van der Waals surface area (Å²) in [5, 5.41) is 78.4. The number of carboxylic acid groups (broad SMARTS) is 2. The Morgan fingerprint density at radius 3 is 1.52 bits per heavy atom. The maximum Gasteiger partial charge on any atom is 0.303 e. The van der Waals surface area contributed by atoms with Gasteiger partial charge in [-0.3, -0.25) is 71.9 Å². The maximum absolute atomic E-state index is 14.4. The van der Waals surface area contributed by atoms with E-state index in [1.54, 1.807) is 30.5 Å². The van der Waals surface area contributed by atoms with Gasteiger partial charge in [0, 0.05) is 54.3 Å². The third kappa shape index (κ3) is 28.5. The quantitative estimate of drug-likeness (QED) is 0.0185. The topological polar surface area (TPSA) is 595 Å². The van der Waals surface area contributed by atoms with Crippen LogP contribution in [0.4, 0.5) is 0 Å². The van der Waals surface area contributed by atoms with Gasteiger partial charge in [-0.05, 0) is 81.8 Å². The zero-order chi connectivity index (χ0) is 71.8. The van der Waals surface area contributed by atoms with Gasteiger partial charge in [-0.1, -0.05) is 30.3 Å². The van der Waals surface area contributed by atoms with E-state index in [2.05, 4.69) is 94.0 Å². The van der Waals surface area contributed by atoms with Crippen molar-refractivity contribution >= 4 is 125 Å². The molecule has 0 saturated heterocycles. The van der Waals surface area contributed by atoms with Crippen LogP contribution in [0.15, 0.2) is 54.7 Å². The standard InChI is InChI=1S/C58H84N16O20S2/c1-28(75)48(57(93)66-23-43(79)63-22-42(78)64-24-44(80)67-36(50(61)86)9-5-6-18-59)73-45(81)25-65-52(88)37(14-16-46(82)83)69-58(94)49(29(2)76)74-53(89)38(15-17-47(84)85)68-54(90)39(19-30-10-12-32(77)13-11-30)71-56(92)41(27-96)72-55(91)40(70-51(87)34(60)26-95)20-31-21-62-35-8-4-3-7-33(31)35/h3-4,7-8,10-13,21,28-29,34,36-41,48-49,62,75-77,95-96H,5-6,9,14-20,22-27,59-60H2,1-2H3,(H2,61,86)(H,63,79)(H,64,78)(H,65,88)(H,66,93)(H,67,80)(H,68,90)(H,69,94)(H,70,87)(H,71,92)(H,72,91)(H,73,81)(H,74,89)(H,82,83)(H,84,85)/t28-,29-,34+,36+,37+,38+,39+,40+,41+,48+,49+/m1/s1.